The molecule has 9 heteroatoms. The van der Waals surface area contributed by atoms with Crippen molar-refractivity contribution >= 4 is 50.1 Å². The molecule has 0 saturated heterocycles. The normalized spacial score (nSPS) is 14.4. The van der Waals surface area contributed by atoms with Crippen molar-refractivity contribution in [2.45, 2.75) is 52.1 Å². The number of ether oxygens (including phenoxy) is 2. The first-order valence-electron chi connectivity index (χ1n) is 9.48. The number of halogens is 1. The van der Waals surface area contributed by atoms with Gasteiger partial charge in [-0.2, -0.15) is 0 Å². The van der Waals surface area contributed by atoms with Crippen LogP contribution in [0.2, 0.25) is 0 Å². The van der Waals surface area contributed by atoms with Crippen LogP contribution in [0, 0.1) is 6.92 Å². The monoisotopic (exact) mass is 483 g/mol. The SMILES string of the molecule is CCOC(=O)c1c(NC(=O)c2ccc(Br)o2)sc(C(=O)OC2CCCCC2)c1C. The molecular formula is C20H22BrNO6S. The second-order valence-electron chi connectivity index (χ2n) is 6.70. The van der Waals surface area contributed by atoms with Crippen LogP contribution in [0.1, 0.15) is 75.2 Å². The lowest BCUT2D eigenvalue weighted by molar-refractivity contribution is 0.0216. The summed E-state index contributed by atoms with van der Waals surface area (Å²) in [6.45, 7) is 3.52. The Morgan fingerprint density at radius 3 is 2.55 bits per heavy atom. The molecule has 0 radical (unpaired) electrons. The zero-order valence-electron chi connectivity index (χ0n) is 16.2. The highest BCUT2D eigenvalue weighted by atomic mass is 79.9. The molecule has 0 bridgehead atoms. The Labute approximate surface area is 180 Å². The van der Waals surface area contributed by atoms with E-state index in [1.807, 2.05) is 0 Å². The highest BCUT2D eigenvalue weighted by Crippen LogP contribution is 2.35. The van der Waals surface area contributed by atoms with Crippen molar-refractivity contribution in [2.24, 2.45) is 0 Å². The van der Waals surface area contributed by atoms with Gasteiger partial charge in [-0.15, -0.1) is 11.3 Å². The van der Waals surface area contributed by atoms with Gasteiger partial charge in [-0.25, -0.2) is 9.59 Å². The van der Waals surface area contributed by atoms with Crippen LogP contribution < -0.4 is 5.32 Å². The van der Waals surface area contributed by atoms with Crippen molar-refractivity contribution in [1.29, 1.82) is 0 Å². The summed E-state index contributed by atoms with van der Waals surface area (Å²) in [7, 11) is 0. The van der Waals surface area contributed by atoms with Crippen LogP contribution in [-0.2, 0) is 9.47 Å². The number of esters is 2. The largest absolute Gasteiger partial charge is 0.462 e. The lowest BCUT2D eigenvalue weighted by Crippen LogP contribution is -2.21. The molecule has 0 unspecified atom stereocenters. The van der Waals surface area contributed by atoms with Crippen LogP contribution in [0.15, 0.2) is 21.2 Å². The van der Waals surface area contributed by atoms with Gasteiger partial charge in [-0.05, 0) is 73.2 Å². The topological polar surface area (TPSA) is 94.8 Å². The molecule has 1 amide bonds. The number of anilines is 1. The molecule has 2 heterocycles. The fraction of sp³-hybridized carbons (Fsp3) is 0.450. The van der Waals surface area contributed by atoms with Crippen LogP contribution in [0.4, 0.5) is 5.00 Å². The van der Waals surface area contributed by atoms with Crippen LogP contribution in [0.3, 0.4) is 0 Å². The predicted octanol–water partition coefficient (Wildman–Crippen LogP) is 5.33. The van der Waals surface area contributed by atoms with Gasteiger partial charge < -0.3 is 19.2 Å². The first-order valence-corrected chi connectivity index (χ1v) is 11.1. The van der Waals surface area contributed by atoms with Crippen molar-refractivity contribution in [2.75, 3.05) is 11.9 Å². The van der Waals surface area contributed by atoms with Crippen LogP contribution in [0.5, 0.6) is 0 Å². The van der Waals surface area contributed by atoms with Crippen molar-refractivity contribution in [3.8, 4) is 0 Å². The zero-order valence-corrected chi connectivity index (χ0v) is 18.6. The first-order chi connectivity index (χ1) is 13.9. The van der Waals surface area contributed by atoms with Crippen molar-refractivity contribution < 1.29 is 28.3 Å². The number of rotatable bonds is 6. The molecule has 0 aliphatic heterocycles. The van der Waals surface area contributed by atoms with Gasteiger partial charge in [0.05, 0.1) is 12.2 Å². The average Bonchev–Trinajstić information content (AvgIpc) is 3.26. The molecule has 2 aromatic rings. The molecular weight excluding hydrogens is 462 g/mol. The Kier molecular flexibility index (Phi) is 7.13. The summed E-state index contributed by atoms with van der Waals surface area (Å²) in [5.74, 6) is -1.54. The van der Waals surface area contributed by atoms with Crippen LogP contribution in [-0.4, -0.2) is 30.6 Å². The summed E-state index contributed by atoms with van der Waals surface area (Å²) in [4.78, 5) is 38.0. The zero-order chi connectivity index (χ0) is 21.0. The Morgan fingerprint density at radius 1 is 1.21 bits per heavy atom. The standard InChI is InChI=1S/C20H22BrNO6S/c1-3-26-19(24)15-11(2)16(20(25)27-12-7-5-4-6-8-12)29-18(15)22-17(23)13-9-10-14(21)28-13/h9-10,12H,3-8H2,1-2H3,(H,22,23). The van der Waals surface area contributed by atoms with Gasteiger partial charge in [-0.1, -0.05) is 6.42 Å². The Balaban J connectivity index is 1.87. The minimum absolute atomic E-state index is 0.0732. The maximum atomic E-state index is 12.7. The predicted molar refractivity (Wildman–Crippen MR) is 112 cm³/mol. The highest BCUT2D eigenvalue weighted by Gasteiger charge is 2.29. The molecule has 29 heavy (non-hydrogen) atoms. The van der Waals surface area contributed by atoms with E-state index in [4.69, 9.17) is 13.9 Å². The fourth-order valence-corrected chi connectivity index (χ4v) is 4.61. The number of nitrogens with one attached hydrogen (secondary N) is 1. The molecule has 1 aliphatic carbocycles. The van der Waals surface area contributed by atoms with Gasteiger partial charge in [0.15, 0.2) is 10.4 Å². The number of carbonyl (C=O) groups excluding carboxylic acids is 3. The Hall–Kier alpha value is -2.13. The molecule has 1 saturated carbocycles. The van der Waals surface area contributed by atoms with E-state index < -0.39 is 17.8 Å². The molecule has 156 valence electrons. The Morgan fingerprint density at radius 2 is 1.93 bits per heavy atom. The van der Waals surface area contributed by atoms with E-state index >= 15 is 0 Å². The summed E-state index contributed by atoms with van der Waals surface area (Å²) >= 11 is 4.15. The van der Waals surface area contributed by atoms with E-state index in [1.165, 1.54) is 6.07 Å². The van der Waals surface area contributed by atoms with Crippen LogP contribution >= 0.6 is 27.3 Å². The van der Waals surface area contributed by atoms with E-state index in [-0.39, 0.29) is 33.9 Å². The van der Waals surface area contributed by atoms with Gasteiger partial charge in [0.1, 0.15) is 16.0 Å². The maximum absolute atomic E-state index is 12.7. The van der Waals surface area contributed by atoms with Gasteiger partial charge in [0.25, 0.3) is 5.91 Å². The number of hydrogen-bond acceptors (Lipinski definition) is 7. The van der Waals surface area contributed by atoms with Gasteiger partial charge in [-0.3, -0.25) is 4.79 Å². The van der Waals surface area contributed by atoms with E-state index in [1.54, 1.807) is 19.9 Å². The van der Waals surface area contributed by atoms with Crippen molar-refractivity contribution in [1.82, 2.24) is 0 Å². The quantitative estimate of drug-likeness (QED) is 0.557. The molecule has 2 aromatic heterocycles. The van der Waals surface area contributed by atoms with Gasteiger partial charge in [0.2, 0.25) is 0 Å². The third-order valence-corrected chi connectivity index (χ3v) is 6.28. The third-order valence-electron chi connectivity index (χ3n) is 4.66. The molecule has 1 aliphatic rings. The lowest BCUT2D eigenvalue weighted by atomic mass is 9.98. The van der Waals surface area contributed by atoms with E-state index in [0.717, 1.165) is 43.4 Å². The fourth-order valence-electron chi connectivity index (χ4n) is 3.23. The van der Waals surface area contributed by atoms with Crippen molar-refractivity contribution in [3.63, 3.8) is 0 Å². The molecule has 1 fully saturated rings. The maximum Gasteiger partial charge on any atom is 0.348 e. The Bertz CT molecular complexity index is 912. The first kappa shape index (κ1) is 21.6. The molecule has 0 aromatic carbocycles. The smallest absolute Gasteiger partial charge is 0.348 e. The molecule has 3 rings (SSSR count). The molecule has 1 N–H and O–H groups in total. The van der Waals surface area contributed by atoms with E-state index in [0.29, 0.717) is 10.2 Å². The highest BCUT2D eigenvalue weighted by molar-refractivity contribution is 9.10. The second kappa shape index (κ2) is 9.58. The minimum atomic E-state index is -0.603. The van der Waals surface area contributed by atoms with E-state index in [9.17, 15) is 14.4 Å². The number of amides is 1. The third kappa shape index (κ3) is 5.08. The molecule has 0 spiro atoms. The summed E-state index contributed by atoms with van der Waals surface area (Å²) in [6.07, 6.45) is 4.81. The molecule has 7 nitrogen and oxygen atoms in total. The van der Waals surface area contributed by atoms with Crippen molar-refractivity contribution in [3.05, 3.63) is 38.6 Å². The second-order valence-corrected chi connectivity index (χ2v) is 8.51. The summed E-state index contributed by atoms with van der Waals surface area (Å²) in [5.41, 5.74) is 0.594. The van der Waals surface area contributed by atoms with E-state index in [2.05, 4.69) is 21.2 Å². The summed E-state index contributed by atoms with van der Waals surface area (Å²) in [6, 6.07) is 3.09. The number of carbonyl (C=O) groups is 3. The van der Waals surface area contributed by atoms with Gasteiger partial charge >= 0.3 is 11.9 Å². The summed E-state index contributed by atoms with van der Waals surface area (Å²) in [5, 5.41) is 2.89. The lowest BCUT2D eigenvalue weighted by Gasteiger charge is -2.21. The average molecular weight is 484 g/mol. The van der Waals surface area contributed by atoms with Crippen LogP contribution in [0.25, 0.3) is 0 Å². The number of thiophene rings is 1. The van der Waals surface area contributed by atoms with Gasteiger partial charge in [0, 0.05) is 0 Å². The number of furan rings is 1. The molecule has 0 atom stereocenters. The summed E-state index contributed by atoms with van der Waals surface area (Å²) < 4.78 is 16.4. The minimum Gasteiger partial charge on any atom is -0.462 e. The number of hydrogen-bond donors (Lipinski definition) is 1.